The Balaban J connectivity index is 0.920. The molecule has 13 nitrogen and oxygen atoms in total. The summed E-state index contributed by atoms with van der Waals surface area (Å²) in [5.41, 5.74) is -0.551. The molecule has 0 radical (unpaired) electrons. The van der Waals surface area contributed by atoms with Crippen molar-refractivity contribution in [2.24, 2.45) is 17.8 Å². The van der Waals surface area contributed by atoms with E-state index in [9.17, 15) is 30.3 Å². The smallest absolute Gasteiger partial charge is 0.335 e. The lowest BCUT2D eigenvalue weighted by Crippen LogP contribution is -2.60. The van der Waals surface area contributed by atoms with Crippen molar-refractivity contribution in [2.75, 3.05) is 6.61 Å². The fourth-order valence-electron chi connectivity index (χ4n) is 10.5. The normalized spacial score (nSPS) is 45.4. The molecule has 3 spiro atoms. The zero-order chi connectivity index (χ0) is 40.9. The van der Waals surface area contributed by atoms with Crippen molar-refractivity contribution in [3.05, 3.63) is 36.0 Å². The molecule has 5 N–H and O–H groups in total. The van der Waals surface area contributed by atoms with Crippen molar-refractivity contribution in [1.82, 2.24) is 0 Å². The molecule has 6 fully saturated rings. The summed E-state index contributed by atoms with van der Waals surface area (Å²) in [6.45, 7) is 14.5. The van der Waals surface area contributed by atoms with E-state index >= 15 is 0 Å². The topological polar surface area (TPSA) is 183 Å². The first kappa shape index (κ1) is 43.3. The number of carboxylic acids is 1. The Labute approximate surface area is 337 Å². The van der Waals surface area contributed by atoms with Gasteiger partial charge in [-0.3, -0.25) is 0 Å². The van der Waals surface area contributed by atoms with Gasteiger partial charge in [0, 0.05) is 38.0 Å². The number of fused-ring (bicyclic) bond motifs is 1. The van der Waals surface area contributed by atoms with Crippen molar-refractivity contribution in [3.8, 4) is 0 Å². The summed E-state index contributed by atoms with van der Waals surface area (Å²) in [6, 6.07) is 0. The number of carbonyl (C=O) groups is 1. The number of hydrogen-bond acceptors (Lipinski definition) is 12. The SMILES string of the molecule is C=C1[C@@H](O)[C@@H]2O[C@]3(CC[C@H](/C=C/[C@@H](C)[C@@H]4CC(C)=C[C@@]5(O[C@H](C[C@@](C)(O)C(=O)O)CC[C@H]5O)O4)O3)CC[C@H]2O[C@@H]1[C@@H](O)C[C@H](C)[C@H]1OC2(CCCCO2)CC[C@H]1C. The van der Waals surface area contributed by atoms with E-state index in [0.717, 1.165) is 50.7 Å². The van der Waals surface area contributed by atoms with Crippen LogP contribution in [0.5, 0.6) is 0 Å². The summed E-state index contributed by atoms with van der Waals surface area (Å²) in [7, 11) is 0. The van der Waals surface area contributed by atoms with E-state index in [1.54, 1.807) is 6.08 Å². The van der Waals surface area contributed by atoms with Gasteiger partial charge in [0.15, 0.2) is 17.2 Å². The number of ether oxygens (including phenoxy) is 7. The molecule has 0 aliphatic carbocycles. The van der Waals surface area contributed by atoms with Gasteiger partial charge in [-0.1, -0.05) is 45.1 Å². The van der Waals surface area contributed by atoms with Gasteiger partial charge in [0.05, 0.1) is 43.2 Å². The molecule has 0 saturated carbocycles. The van der Waals surface area contributed by atoms with E-state index in [1.165, 1.54) is 6.92 Å². The van der Waals surface area contributed by atoms with Crippen molar-refractivity contribution in [1.29, 1.82) is 0 Å². The van der Waals surface area contributed by atoms with Crippen LogP contribution in [0.4, 0.5) is 0 Å². The second-order valence-corrected chi connectivity index (χ2v) is 18.9. The van der Waals surface area contributed by atoms with Crippen LogP contribution in [0.2, 0.25) is 0 Å². The third kappa shape index (κ3) is 9.15. The summed E-state index contributed by atoms with van der Waals surface area (Å²) < 4.78 is 45.2. The van der Waals surface area contributed by atoms with Gasteiger partial charge in [0.2, 0.25) is 5.79 Å². The van der Waals surface area contributed by atoms with Crippen LogP contribution in [-0.4, -0.2) is 122 Å². The predicted octanol–water partition coefficient (Wildman–Crippen LogP) is 5.21. The van der Waals surface area contributed by atoms with Gasteiger partial charge in [0.25, 0.3) is 0 Å². The number of aliphatic carboxylic acids is 1. The number of carboxylic acid groups (broad SMARTS) is 1. The monoisotopic (exact) mass is 804 g/mol. The Kier molecular flexibility index (Phi) is 12.9. The highest BCUT2D eigenvalue weighted by Crippen LogP contribution is 2.47. The standard InChI is InChI=1S/C44H68O13/c1-25-21-34(55-44(23-25)35(46)12-11-31(54-44)24-41(6,50)40(48)49)26(2)9-10-30-14-18-43(53-30)19-15-33-39(57-43)36(47)29(5)38(52-33)32(45)22-28(4)37-27(3)13-17-42(56-37)16-7-8-20-51-42/h9-10,23,26-28,30-39,45-47,50H,5,7-8,11-22,24H2,1-4,6H3,(H,48,49)/b10-9+/t26-,27-,28+,30+,31+,32+,33-,34+,35-,36-,37+,38+,39-,41-,42?,43-,44-/m1/s1. The van der Waals surface area contributed by atoms with E-state index in [0.29, 0.717) is 56.4 Å². The molecule has 7 aliphatic heterocycles. The van der Waals surface area contributed by atoms with Crippen molar-refractivity contribution < 1.29 is 63.5 Å². The van der Waals surface area contributed by atoms with E-state index < -0.39 is 71.7 Å². The fraction of sp³-hybridized carbons (Fsp3) is 0.841. The van der Waals surface area contributed by atoms with Gasteiger partial charge in [-0.2, -0.15) is 0 Å². The average molecular weight is 805 g/mol. The van der Waals surface area contributed by atoms with Crippen LogP contribution in [0.3, 0.4) is 0 Å². The summed E-state index contributed by atoms with van der Waals surface area (Å²) in [6.07, 6.45) is 9.37. The number of aliphatic hydroxyl groups excluding tert-OH is 3. The van der Waals surface area contributed by atoms with E-state index in [2.05, 4.69) is 26.5 Å². The van der Waals surface area contributed by atoms with Crippen LogP contribution in [0.1, 0.15) is 125 Å². The van der Waals surface area contributed by atoms with Gasteiger partial charge in [-0.15, -0.1) is 0 Å². The van der Waals surface area contributed by atoms with Crippen molar-refractivity contribution in [3.63, 3.8) is 0 Å². The Bertz CT molecular complexity index is 1510. The largest absolute Gasteiger partial charge is 0.479 e. The minimum atomic E-state index is -1.96. The van der Waals surface area contributed by atoms with Gasteiger partial charge in [-0.25, -0.2) is 4.79 Å². The molecular formula is C44H68O13. The second kappa shape index (κ2) is 17.0. The van der Waals surface area contributed by atoms with Crippen LogP contribution < -0.4 is 0 Å². The number of rotatable bonds is 10. The maximum Gasteiger partial charge on any atom is 0.335 e. The Morgan fingerprint density at radius 2 is 1.75 bits per heavy atom. The highest BCUT2D eigenvalue weighted by Gasteiger charge is 2.55. The lowest BCUT2D eigenvalue weighted by molar-refractivity contribution is -0.321. The molecular weight excluding hydrogens is 736 g/mol. The Hall–Kier alpha value is -1.75. The lowest BCUT2D eigenvalue weighted by atomic mass is 9.79. The molecule has 6 saturated heterocycles. The predicted molar refractivity (Wildman–Crippen MR) is 208 cm³/mol. The molecule has 322 valence electrons. The van der Waals surface area contributed by atoms with Crippen LogP contribution in [0.25, 0.3) is 0 Å². The first-order valence-corrected chi connectivity index (χ1v) is 21.7. The molecule has 0 bridgehead atoms. The fourth-order valence-corrected chi connectivity index (χ4v) is 10.5. The van der Waals surface area contributed by atoms with E-state index in [4.69, 9.17) is 33.2 Å². The minimum Gasteiger partial charge on any atom is -0.479 e. The summed E-state index contributed by atoms with van der Waals surface area (Å²) >= 11 is 0. The molecule has 1 unspecified atom stereocenters. The summed E-state index contributed by atoms with van der Waals surface area (Å²) in [5, 5.41) is 54.0. The molecule has 0 aromatic heterocycles. The molecule has 7 rings (SSSR count). The minimum absolute atomic E-state index is 0.0423. The summed E-state index contributed by atoms with van der Waals surface area (Å²) in [5.74, 6) is -3.82. The van der Waals surface area contributed by atoms with Gasteiger partial charge >= 0.3 is 5.97 Å². The molecule has 17 atom stereocenters. The molecule has 7 heterocycles. The molecule has 0 amide bonds. The lowest BCUT2D eigenvalue weighted by Gasteiger charge is -2.50. The maximum absolute atomic E-state index is 11.6. The van der Waals surface area contributed by atoms with Gasteiger partial charge < -0.3 is 58.7 Å². The Morgan fingerprint density at radius 1 is 1.00 bits per heavy atom. The van der Waals surface area contributed by atoms with Gasteiger partial charge in [0.1, 0.15) is 24.4 Å². The summed E-state index contributed by atoms with van der Waals surface area (Å²) in [4.78, 5) is 11.6. The third-order valence-corrected chi connectivity index (χ3v) is 14.0. The average Bonchev–Trinajstić information content (AvgIpc) is 3.56. The van der Waals surface area contributed by atoms with Crippen molar-refractivity contribution in [2.45, 2.75) is 209 Å². The molecule has 0 aromatic rings. The molecule has 13 heteroatoms. The van der Waals surface area contributed by atoms with Crippen LogP contribution in [-0.2, 0) is 38.0 Å². The number of hydrogen-bond donors (Lipinski definition) is 5. The molecule has 57 heavy (non-hydrogen) atoms. The van der Waals surface area contributed by atoms with Crippen LogP contribution in [0, 0.1) is 17.8 Å². The van der Waals surface area contributed by atoms with Gasteiger partial charge in [-0.05, 0) is 95.1 Å². The van der Waals surface area contributed by atoms with Crippen LogP contribution in [0.15, 0.2) is 36.0 Å². The van der Waals surface area contributed by atoms with E-state index in [1.807, 2.05) is 19.9 Å². The third-order valence-electron chi connectivity index (χ3n) is 14.0. The Morgan fingerprint density at radius 3 is 2.49 bits per heavy atom. The quantitative estimate of drug-likeness (QED) is 0.182. The molecule has 0 aromatic carbocycles. The van der Waals surface area contributed by atoms with Crippen molar-refractivity contribution >= 4 is 5.97 Å². The highest BCUT2D eigenvalue weighted by atomic mass is 16.7. The zero-order valence-corrected chi connectivity index (χ0v) is 34.6. The highest BCUT2D eigenvalue weighted by molar-refractivity contribution is 5.76. The number of aliphatic hydroxyl groups is 4. The van der Waals surface area contributed by atoms with E-state index in [-0.39, 0.29) is 36.6 Å². The van der Waals surface area contributed by atoms with Crippen LogP contribution >= 0.6 is 0 Å². The zero-order valence-electron chi connectivity index (χ0n) is 34.6. The molecule has 7 aliphatic rings. The first-order chi connectivity index (χ1) is 26.9. The first-order valence-electron chi connectivity index (χ1n) is 21.7. The second-order valence-electron chi connectivity index (χ2n) is 18.9. The maximum atomic E-state index is 11.6.